The van der Waals surface area contributed by atoms with Gasteiger partial charge in [-0.3, -0.25) is 19.2 Å². The summed E-state index contributed by atoms with van der Waals surface area (Å²) in [5, 5.41) is 20.5. The SMILES string of the molecule is Cc1c(N(CC(=O)O)S(=O)(=O)c2ccc(Cl)cc2)cccc1[N+](=O)[O-]. The van der Waals surface area contributed by atoms with Crippen LogP contribution in [0.5, 0.6) is 0 Å². The Kier molecular flexibility index (Phi) is 5.29. The predicted molar refractivity (Wildman–Crippen MR) is 91.5 cm³/mol. The summed E-state index contributed by atoms with van der Waals surface area (Å²) in [5.74, 6) is -1.40. The van der Waals surface area contributed by atoms with Crippen LogP contribution in [0.4, 0.5) is 11.4 Å². The Morgan fingerprint density at radius 1 is 1.24 bits per heavy atom. The number of nitro groups is 1. The second kappa shape index (κ2) is 7.08. The van der Waals surface area contributed by atoms with Crippen LogP contribution in [0.25, 0.3) is 0 Å². The van der Waals surface area contributed by atoms with E-state index >= 15 is 0 Å². The normalized spacial score (nSPS) is 11.1. The van der Waals surface area contributed by atoms with Gasteiger partial charge < -0.3 is 5.11 Å². The van der Waals surface area contributed by atoms with Gasteiger partial charge in [-0.05, 0) is 37.3 Å². The van der Waals surface area contributed by atoms with E-state index in [-0.39, 0.29) is 21.8 Å². The molecule has 0 bridgehead atoms. The number of halogens is 1. The molecule has 132 valence electrons. The summed E-state index contributed by atoms with van der Waals surface area (Å²) >= 11 is 5.75. The molecule has 0 unspecified atom stereocenters. The molecule has 0 saturated carbocycles. The molecule has 2 aromatic rings. The van der Waals surface area contributed by atoms with Crippen LogP contribution >= 0.6 is 11.6 Å². The molecule has 1 N–H and O–H groups in total. The molecule has 2 aromatic carbocycles. The van der Waals surface area contributed by atoms with Crippen LogP contribution in [0.3, 0.4) is 0 Å². The van der Waals surface area contributed by atoms with E-state index < -0.39 is 27.5 Å². The molecule has 0 atom stereocenters. The number of sulfonamides is 1. The van der Waals surface area contributed by atoms with Gasteiger partial charge in [-0.1, -0.05) is 17.7 Å². The van der Waals surface area contributed by atoms with Gasteiger partial charge in [-0.25, -0.2) is 8.42 Å². The lowest BCUT2D eigenvalue weighted by Gasteiger charge is -2.24. The maximum Gasteiger partial charge on any atom is 0.324 e. The minimum absolute atomic E-state index is 0.0475. The number of carbonyl (C=O) groups is 1. The van der Waals surface area contributed by atoms with E-state index in [1.165, 1.54) is 49.4 Å². The first-order chi connectivity index (χ1) is 11.6. The van der Waals surface area contributed by atoms with Crippen LogP contribution in [-0.4, -0.2) is 31.0 Å². The first-order valence-electron chi connectivity index (χ1n) is 6.88. The lowest BCUT2D eigenvalue weighted by molar-refractivity contribution is -0.385. The van der Waals surface area contributed by atoms with Crippen molar-refractivity contribution in [3.05, 3.63) is 63.2 Å². The van der Waals surface area contributed by atoms with Gasteiger partial charge in [-0.2, -0.15) is 0 Å². The van der Waals surface area contributed by atoms with Gasteiger partial charge in [0.15, 0.2) is 0 Å². The molecule has 25 heavy (non-hydrogen) atoms. The Morgan fingerprint density at radius 2 is 1.84 bits per heavy atom. The monoisotopic (exact) mass is 384 g/mol. The highest BCUT2D eigenvalue weighted by atomic mass is 35.5. The number of nitrogens with zero attached hydrogens (tertiary/aromatic N) is 2. The standard InChI is InChI=1S/C15H13ClN2O6S/c1-10-13(3-2-4-14(10)18(21)22)17(9-15(19)20)25(23,24)12-7-5-11(16)6-8-12/h2-8H,9H2,1H3,(H,19,20). The van der Waals surface area contributed by atoms with Gasteiger partial charge in [0, 0.05) is 11.1 Å². The minimum Gasteiger partial charge on any atom is -0.480 e. The molecule has 0 aliphatic rings. The smallest absolute Gasteiger partial charge is 0.324 e. The average Bonchev–Trinajstić information content (AvgIpc) is 2.53. The summed E-state index contributed by atoms with van der Waals surface area (Å²) in [6.45, 7) is 0.479. The first kappa shape index (κ1) is 18.7. The number of hydrogen-bond donors (Lipinski definition) is 1. The van der Waals surface area contributed by atoms with Gasteiger partial charge >= 0.3 is 5.97 Å². The number of carboxylic acids is 1. The predicted octanol–water partition coefficient (Wildman–Crippen LogP) is 2.84. The Bertz CT molecular complexity index is 928. The highest BCUT2D eigenvalue weighted by molar-refractivity contribution is 7.92. The molecule has 0 aromatic heterocycles. The molecule has 0 radical (unpaired) electrons. The molecule has 0 aliphatic carbocycles. The highest BCUT2D eigenvalue weighted by Crippen LogP contribution is 2.32. The molecule has 10 heteroatoms. The number of rotatable bonds is 6. The third-order valence-electron chi connectivity index (χ3n) is 3.42. The third kappa shape index (κ3) is 3.89. The third-order valence-corrected chi connectivity index (χ3v) is 5.45. The van der Waals surface area contributed by atoms with Crippen molar-refractivity contribution in [2.24, 2.45) is 0 Å². The van der Waals surface area contributed by atoms with Crippen molar-refractivity contribution in [3.63, 3.8) is 0 Å². The molecular formula is C15H13ClN2O6S. The zero-order valence-corrected chi connectivity index (χ0v) is 14.5. The Labute approximate surface area is 148 Å². The second-order valence-electron chi connectivity index (χ2n) is 5.04. The summed E-state index contributed by atoms with van der Waals surface area (Å²) in [7, 11) is -4.26. The average molecular weight is 385 g/mol. The van der Waals surface area contributed by atoms with Gasteiger partial charge in [0.1, 0.15) is 6.54 Å². The van der Waals surface area contributed by atoms with E-state index in [0.717, 1.165) is 0 Å². The van der Waals surface area contributed by atoms with Crippen molar-refractivity contribution in [2.45, 2.75) is 11.8 Å². The lowest BCUT2D eigenvalue weighted by atomic mass is 10.1. The quantitative estimate of drug-likeness (QED) is 0.604. The summed E-state index contributed by atoms with van der Waals surface area (Å²) in [5.41, 5.74) is -0.336. The number of aliphatic carboxylic acids is 1. The summed E-state index contributed by atoms with van der Waals surface area (Å²) in [6.07, 6.45) is 0. The van der Waals surface area contributed by atoms with Crippen molar-refractivity contribution < 1.29 is 23.2 Å². The number of benzene rings is 2. The van der Waals surface area contributed by atoms with Crippen LogP contribution in [-0.2, 0) is 14.8 Å². The minimum atomic E-state index is -4.26. The number of anilines is 1. The lowest BCUT2D eigenvalue weighted by Crippen LogP contribution is -2.36. The number of carboxylic acid groups (broad SMARTS) is 1. The summed E-state index contributed by atoms with van der Waals surface area (Å²) in [6, 6.07) is 9.01. The maximum atomic E-state index is 12.9. The highest BCUT2D eigenvalue weighted by Gasteiger charge is 2.30. The van der Waals surface area contributed by atoms with Crippen LogP contribution in [0.2, 0.25) is 5.02 Å². The second-order valence-corrected chi connectivity index (χ2v) is 7.34. The van der Waals surface area contributed by atoms with E-state index in [4.69, 9.17) is 16.7 Å². The van der Waals surface area contributed by atoms with E-state index in [0.29, 0.717) is 9.33 Å². The molecule has 0 fully saturated rings. The maximum absolute atomic E-state index is 12.9. The van der Waals surface area contributed by atoms with Crippen molar-refractivity contribution >= 4 is 39.0 Å². The molecule has 8 nitrogen and oxygen atoms in total. The van der Waals surface area contributed by atoms with E-state index in [1.54, 1.807) is 0 Å². The van der Waals surface area contributed by atoms with E-state index in [9.17, 15) is 23.3 Å². The van der Waals surface area contributed by atoms with Gasteiger partial charge in [-0.15, -0.1) is 0 Å². The van der Waals surface area contributed by atoms with Gasteiger partial charge in [0.25, 0.3) is 15.7 Å². The molecule has 2 rings (SSSR count). The van der Waals surface area contributed by atoms with Crippen molar-refractivity contribution in [3.8, 4) is 0 Å². The van der Waals surface area contributed by atoms with Crippen molar-refractivity contribution in [2.75, 3.05) is 10.8 Å². The fourth-order valence-electron chi connectivity index (χ4n) is 2.24. The summed E-state index contributed by atoms with van der Waals surface area (Å²) < 4.78 is 26.4. The number of hydrogen-bond acceptors (Lipinski definition) is 5. The molecule has 0 amide bonds. The largest absolute Gasteiger partial charge is 0.480 e. The van der Waals surface area contributed by atoms with Crippen LogP contribution < -0.4 is 4.31 Å². The Hall–Kier alpha value is -2.65. The Morgan fingerprint density at radius 3 is 2.36 bits per heavy atom. The van der Waals surface area contributed by atoms with E-state index in [1.807, 2.05) is 0 Å². The van der Waals surface area contributed by atoms with Crippen LogP contribution in [0.15, 0.2) is 47.4 Å². The molecular weight excluding hydrogens is 372 g/mol. The topological polar surface area (TPSA) is 118 Å². The molecule has 0 aliphatic heterocycles. The van der Waals surface area contributed by atoms with Crippen LogP contribution in [0.1, 0.15) is 5.56 Å². The van der Waals surface area contributed by atoms with Crippen molar-refractivity contribution in [1.82, 2.24) is 0 Å². The first-order valence-corrected chi connectivity index (χ1v) is 8.70. The number of nitro benzene ring substituents is 1. The Balaban J connectivity index is 2.65. The molecule has 0 saturated heterocycles. The zero-order valence-electron chi connectivity index (χ0n) is 12.9. The van der Waals surface area contributed by atoms with Gasteiger partial charge in [0.05, 0.1) is 21.1 Å². The summed E-state index contributed by atoms with van der Waals surface area (Å²) in [4.78, 5) is 21.4. The molecule has 0 spiro atoms. The van der Waals surface area contributed by atoms with Crippen LogP contribution in [0, 0.1) is 17.0 Å². The fraction of sp³-hybridized carbons (Fsp3) is 0.133. The van der Waals surface area contributed by atoms with Gasteiger partial charge in [0.2, 0.25) is 0 Å². The van der Waals surface area contributed by atoms with Crippen molar-refractivity contribution in [1.29, 1.82) is 0 Å². The molecule has 0 heterocycles. The van der Waals surface area contributed by atoms with E-state index in [2.05, 4.69) is 0 Å². The zero-order chi connectivity index (χ0) is 18.8. The fourth-order valence-corrected chi connectivity index (χ4v) is 3.83.